The van der Waals surface area contributed by atoms with Gasteiger partial charge in [-0.15, -0.1) is 0 Å². The zero-order chi connectivity index (χ0) is 12.3. The van der Waals surface area contributed by atoms with E-state index in [1.807, 2.05) is 18.7 Å². The molecule has 1 aromatic heterocycles. The fourth-order valence-electron chi connectivity index (χ4n) is 2.98. The number of rotatable bonds is 4. The van der Waals surface area contributed by atoms with Crippen LogP contribution in [-0.2, 0) is 13.5 Å². The van der Waals surface area contributed by atoms with Gasteiger partial charge in [0.1, 0.15) is 0 Å². The van der Waals surface area contributed by atoms with Crippen LogP contribution in [0.5, 0.6) is 0 Å². The van der Waals surface area contributed by atoms with Gasteiger partial charge < -0.3 is 0 Å². The Bertz CT molecular complexity index is 352. The summed E-state index contributed by atoms with van der Waals surface area (Å²) in [5, 5.41) is 4.39. The maximum Gasteiger partial charge on any atom is 0.0596 e. The minimum absolute atomic E-state index is 0.394. The minimum atomic E-state index is 0.394. The molecule has 0 aromatic carbocycles. The Kier molecular flexibility index (Phi) is 4.18. The molecule has 0 amide bonds. The standard InChI is InChI=1S/C13H24N4/c1-10-8-12(17(2)16-10)9-13(15-14)11-6-4-3-5-7-11/h8,11,13,15H,3-7,9,14H2,1-2H3. The molecule has 0 spiro atoms. The van der Waals surface area contributed by atoms with Crippen LogP contribution in [0.2, 0.25) is 0 Å². The van der Waals surface area contributed by atoms with Crippen LogP contribution in [0.3, 0.4) is 0 Å². The highest BCUT2D eigenvalue weighted by atomic mass is 15.3. The summed E-state index contributed by atoms with van der Waals surface area (Å²) in [7, 11) is 2.01. The first-order chi connectivity index (χ1) is 8.20. The van der Waals surface area contributed by atoms with Crippen LogP contribution >= 0.6 is 0 Å². The summed E-state index contributed by atoms with van der Waals surface area (Å²) in [6, 6.07) is 2.55. The van der Waals surface area contributed by atoms with E-state index in [9.17, 15) is 0 Å². The number of hydrazine groups is 1. The molecule has 1 heterocycles. The van der Waals surface area contributed by atoms with Gasteiger partial charge >= 0.3 is 0 Å². The van der Waals surface area contributed by atoms with Gasteiger partial charge in [0, 0.05) is 25.2 Å². The topological polar surface area (TPSA) is 55.9 Å². The lowest BCUT2D eigenvalue weighted by Crippen LogP contribution is -2.43. The quantitative estimate of drug-likeness (QED) is 0.618. The predicted octanol–water partition coefficient (Wildman–Crippen LogP) is 1.68. The summed E-state index contributed by atoms with van der Waals surface area (Å²) in [6.07, 6.45) is 7.70. The third kappa shape index (κ3) is 3.07. The van der Waals surface area contributed by atoms with Gasteiger partial charge in [-0.25, -0.2) is 0 Å². The number of nitrogens with two attached hydrogens (primary N) is 1. The van der Waals surface area contributed by atoms with Crippen LogP contribution in [0.1, 0.15) is 43.5 Å². The van der Waals surface area contributed by atoms with Gasteiger partial charge in [0.2, 0.25) is 0 Å². The smallest absolute Gasteiger partial charge is 0.0596 e. The molecule has 1 aromatic rings. The SMILES string of the molecule is Cc1cc(CC(NN)C2CCCCC2)n(C)n1. The summed E-state index contributed by atoms with van der Waals surface area (Å²) in [5.41, 5.74) is 5.37. The van der Waals surface area contributed by atoms with Crippen molar-refractivity contribution in [2.45, 2.75) is 51.5 Å². The molecule has 4 heteroatoms. The Morgan fingerprint density at radius 2 is 2.18 bits per heavy atom. The van der Waals surface area contributed by atoms with Crippen LogP contribution in [-0.4, -0.2) is 15.8 Å². The van der Waals surface area contributed by atoms with E-state index < -0.39 is 0 Å². The van der Waals surface area contributed by atoms with Crippen molar-refractivity contribution >= 4 is 0 Å². The number of nitrogens with zero attached hydrogens (tertiary/aromatic N) is 2. The summed E-state index contributed by atoms with van der Waals surface area (Å²) >= 11 is 0. The Morgan fingerprint density at radius 1 is 1.47 bits per heavy atom. The molecule has 96 valence electrons. The van der Waals surface area contributed by atoms with Crippen molar-refractivity contribution in [3.63, 3.8) is 0 Å². The first kappa shape index (κ1) is 12.6. The van der Waals surface area contributed by atoms with E-state index >= 15 is 0 Å². The molecule has 3 N–H and O–H groups in total. The molecule has 0 saturated heterocycles. The lowest BCUT2D eigenvalue weighted by molar-refractivity contribution is 0.266. The van der Waals surface area contributed by atoms with Gasteiger partial charge in [0.05, 0.1) is 5.69 Å². The second kappa shape index (κ2) is 5.65. The van der Waals surface area contributed by atoms with Crippen LogP contribution < -0.4 is 11.3 Å². The van der Waals surface area contributed by atoms with Crippen LogP contribution in [0.15, 0.2) is 6.07 Å². The van der Waals surface area contributed by atoms with Gasteiger partial charge in [0.25, 0.3) is 0 Å². The normalized spacial score (nSPS) is 19.5. The third-order valence-corrected chi connectivity index (χ3v) is 3.96. The molecule has 17 heavy (non-hydrogen) atoms. The summed E-state index contributed by atoms with van der Waals surface area (Å²) in [5.74, 6) is 6.45. The van der Waals surface area contributed by atoms with Gasteiger partial charge in [0.15, 0.2) is 0 Å². The Morgan fingerprint density at radius 3 is 2.71 bits per heavy atom. The van der Waals surface area contributed by atoms with Crippen molar-refractivity contribution in [3.8, 4) is 0 Å². The number of hydrogen-bond donors (Lipinski definition) is 2. The van der Waals surface area contributed by atoms with E-state index in [1.54, 1.807) is 0 Å². The Hall–Kier alpha value is -0.870. The van der Waals surface area contributed by atoms with E-state index in [0.717, 1.165) is 18.0 Å². The fraction of sp³-hybridized carbons (Fsp3) is 0.769. The minimum Gasteiger partial charge on any atom is -0.272 e. The monoisotopic (exact) mass is 236 g/mol. The predicted molar refractivity (Wildman–Crippen MR) is 69.3 cm³/mol. The maximum absolute atomic E-state index is 5.73. The molecule has 1 fully saturated rings. The summed E-state index contributed by atoms with van der Waals surface area (Å²) < 4.78 is 1.97. The molecule has 0 aliphatic heterocycles. The molecule has 0 bridgehead atoms. The van der Waals surface area contributed by atoms with E-state index in [4.69, 9.17) is 5.84 Å². The molecule has 1 aliphatic carbocycles. The summed E-state index contributed by atoms with van der Waals surface area (Å²) in [4.78, 5) is 0. The molecular formula is C13H24N4. The van der Waals surface area contributed by atoms with E-state index in [0.29, 0.717) is 6.04 Å². The largest absolute Gasteiger partial charge is 0.272 e. The highest BCUT2D eigenvalue weighted by molar-refractivity contribution is 5.10. The second-order valence-corrected chi connectivity index (χ2v) is 5.28. The zero-order valence-corrected chi connectivity index (χ0v) is 10.9. The first-order valence-electron chi connectivity index (χ1n) is 6.66. The molecular weight excluding hydrogens is 212 g/mol. The second-order valence-electron chi connectivity index (χ2n) is 5.28. The number of aromatic nitrogens is 2. The maximum atomic E-state index is 5.73. The van der Waals surface area contributed by atoms with Crippen LogP contribution in [0, 0.1) is 12.8 Å². The average Bonchev–Trinajstić information content (AvgIpc) is 2.66. The molecule has 1 atom stereocenters. The van der Waals surface area contributed by atoms with Gasteiger partial charge in [-0.1, -0.05) is 19.3 Å². The van der Waals surface area contributed by atoms with Crippen LogP contribution in [0.4, 0.5) is 0 Å². The molecule has 1 aliphatic rings. The highest BCUT2D eigenvalue weighted by Crippen LogP contribution is 2.27. The van der Waals surface area contributed by atoms with Crippen molar-refractivity contribution in [3.05, 3.63) is 17.5 Å². The van der Waals surface area contributed by atoms with Crippen LogP contribution in [0.25, 0.3) is 0 Å². The highest BCUT2D eigenvalue weighted by Gasteiger charge is 2.23. The van der Waals surface area contributed by atoms with Crippen molar-refractivity contribution < 1.29 is 0 Å². The third-order valence-electron chi connectivity index (χ3n) is 3.96. The van der Waals surface area contributed by atoms with E-state index in [-0.39, 0.29) is 0 Å². The fourth-order valence-corrected chi connectivity index (χ4v) is 2.98. The van der Waals surface area contributed by atoms with Gasteiger partial charge in [-0.2, -0.15) is 5.10 Å². The van der Waals surface area contributed by atoms with Crippen molar-refractivity contribution in [1.29, 1.82) is 0 Å². The van der Waals surface area contributed by atoms with Gasteiger partial charge in [-0.05, 0) is 31.7 Å². The molecule has 4 nitrogen and oxygen atoms in total. The molecule has 1 unspecified atom stereocenters. The zero-order valence-electron chi connectivity index (χ0n) is 10.9. The van der Waals surface area contributed by atoms with E-state index in [2.05, 4.69) is 16.6 Å². The molecule has 1 saturated carbocycles. The van der Waals surface area contributed by atoms with Crippen molar-refractivity contribution in [2.24, 2.45) is 18.8 Å². The number of aryl methyl sites for hydroxylation is 2. The van der Waals surface area contributed by atoms with Gasteiger partial charge in [-0.3, -0.25) is 16.0 Å². The van der Waals surface area contributed by atoms with E-state index in [1.165, 1.54) is 37.8 Å². The van der Waals surface area contributed by atoms with Crippen molar-refractivity contribution in [1.82, 2.24) is 15.2 Å². The summed E-state index contributed by atoms with van der Waals surface area (Å²) in [6.45, 7) is 2.04. The molecule has 2 rings (SSSR count). The number of nitrogens with one attached hydrogen (secondary N) is 1. The Balaban J connectivity index is 2.01. The lowest BCUT2D eigenvalue weighted by atomic mass is 9.82. The van der Waals surface area contributed by atoms with Crippen molar-refractivity contribution in [2.75, 3.05) is 0 Å². The first-order valence-corrected chi connectivity index (χ1v) is 6.66. The Labute approximate surface area is 104 Å². The number of hydrogen-bond acceptors (Lipinski definition) is 3. The molecule has 0 radical (unpaired) electrons. The lowest BCUT2D eigenvalue weighted by Gasteiger charge is -2.29. The average molecular weight is 236 g/mol.